The molecule has 2 saturated carbocycles. The van der Waals surface area contributed by atoms with Gasteiger partial charge in [0.05, 0.1) is 25.5 Å². The number of hydrogen-bond acceptors (Lipinski definition) is 2. The fourth-order valence-electron chi connectivity index (χ4n) is 6.22. The van der Waals surface area contributed by atoms with Gasteiger partial charge in [-0.2, -0.15) is 0 Å². The quantitative estimate of drug-likeness (QED) is 0.328. The van der Waals surface area contributed by atoms with Gasteiger partial charge in [0.2, 0.25) is 0 Å². The maximum Gasteiger partial charge on any atom is 0.0718 e. The Morgan fingerprint density at radius 3 is 2.27 bits per heavy atom. The van der Waals surface area contributed by atoms with Crippen LogP contribution in [0.1, 0.15) is 87.3 Å². The molecule has 0 N–H and O–H groups in total. The molecular formula is C30H39NO2. The molecule has 0 saturated heterocycles. The van der Waals surface area contributed by atoms with Crippen LogP contribution >= 0.6 is 0 Å². The summed E-state index contributed by atoms with van der Waals surface area (Å²) in [4.78, 5) is 0. The first-order chi connectivity index (χ1) is 16.4. The third kappa shape index (κ3) is 4.90. The first-order valence-electron chi connectivity index (χ1n) is 13.2. The number of nitrogens with zero attached hydrogens (tertiary/aromatic N) is 1. The second kappa shape index (κ2) is 10.9. The highest BCUT2D eigenvalue weighted by Gasteiger charge is 2.29. The second-order valence-electron chi connectivity index (χ2n) is 10.0. The number of fused-ring (bicyclic) bond motifs is 1. The van der Waals surface area contributed by atoms with Crippen molar-refractivity contribution in [1.29, 1.82) is 0 Å². The third-order valence-electron chi connectivity index (χ3n) is 7.81. The zero-order valence-corrected chi connectivity index (χ0v) is 20.2. The van der Waals surface area contributed by atoms with Crippen molar-refractivity contribution < 1.29 is 9.47 Å². The molecule has 2 aliphatic rings. The Balaban J connectivity index is 1.66. The molecule has 176 valence electrons. The SMILES string of the molecule is COCCOCc1ccc2c(c1)c(C1CCCCC1)c(-c1ccccc1)n2C1CCCCC1. The molecule has 1 aromatic heterocycles. The lowest BCUT2D eigenvalue weighted by Gasteiger charge is -2.28. The average Bonchev–Trinajstić information content (AvgIpc) is 3.23. The molecule has 3 heteroatoms. The molecule has 0 aliphatic heterocycles. The molecule has 0 unspecified atom stereocenters. The van der Waals surface area contributed by atoms with E-state index in [-0.39, 0.29) is 0 Å². The Morgan fingerprint density at radius 1 is 0.818 bits per heavy atom. The summed E-state index contributed by atoms with van der Waals surface area (Å²) in [5.74, 6) is 0.658. The van der Waals surface area contributed by atoms with Gasteiger partial charge in [0.1, 0.15) is 0 Å². The molecule has 3 nitrogen and oxygen atoms in total. The molecule has 1 heterocycles. The van der Waals surface area contributed by atoms with E-state index in [0.29, 0.717) is 31.8 Å². The normalized spacial score (nSPS) is 18.2. The summed E-state index contributed by atoms with van der Waals surface area (Å²) < 4.78 is 13.8. The van der Waals surface area contributed by atoms with Crippen LogP contribution in [0.4, 0.5) is 0 Å². The molecule has 0 bridgehead atoms. The van der Waals surface area contributed by atoms with E-state index >= 15 is 0 Å². The summed E-state index contributed by atoms with van der Waals surface area (Å²) in [7, 11) is 1.73. The van der Waals surface area contributed by atoms with Gasteiger partial charge in [-0.25, -0.2) is 0 Å². The minimum atomic E-state index is 0.609. The van der Waals surface area contributed by atoms with Crippen molar-refractivity contribution in [2.24, 2.45) is 0 Å². The van der Waals surface area contributed by atoms with Crippen LogP contribution in [0.25, 0.3) is 22.2 Å². The maximum absolute atomic E-state index is 5.90. The van der Waals surface area contributed by atoms with E-state index in [0.717, 1.165) is 0 Å². The van der Waals surface area contributed by atoms with Crippen molar-refractivity contribution in [3.8, 4) is 11.3 Å². The van der Waals surface area contributed by atoms with Gasteiger partial charge in [-0.15, -0.1) is 0 Å². The van der Waals surface area contributed by atoms with Crippen LogP contribution in [-0.4, -0.2) is 24.9 Å². The zero-order valence-electron chi connectivity index (χ0n) is 20.2. The lowest BCUT2D eigenvalue weighted by atomic mass is 9.81. The van der Waals surface area contributed by atoms with Crippen LogP contribution in [-0.2, 0) is 16.1 Å². The van der Waals surface area contributed by atoms with E-state index in [1.807, 2.05) is 0 Å². The summed E-state index contributed by atoms with van der Waals surface area (Å²) in [6.07, 6.45) is 13.4. The predicted molar refractivity (Wildman–Crippen MR) is 137 cm³/mol. The first-order valence-corrected chi connectivity index (χ1v) is 13.2. The molecule has 0 atom stereocenters. The van der Waals surface area contributed by atoms with Crippen molar-refractivity contribution in [1.82, 2.24) is 4.57 Å². The van der Waals surface area contributed by atoms with Gasteiger partial charge in [-0.05, 0) is 60.4 Å². The van der Waals surface area contributed by atoms with E-state index in [9.17, 15) is 0 Å². The van der Waals surface area contributed by atoms with Gasteiger partial charge in [-0.3, -0.25) is 0 Å². The predicted octanol–water partition coefficient (Wildman–Crippen LogP) is 8.02. The molecule has 0 amide bonds. The van der Waals surface area contributed by atoms with Crippen molar-refractivity contribution >= 4 is 10.9 Å². The van der Waals surface area contributed by atoms with Crippen LogP contribution in [0.3, 0.4) is 0 Å². The molecule has 0 radical (unpaired) electrons. The van der Waals surface area contributed by atoms with E-state index < -0.39 is 0 Å². The number of methoxy groups -OCH3 is 1. The van der Waals surface area contributed by atoms with Gasteiger partial charge in [0.25, 0.3) is 0 Å². The minimum absolute atomic E-state index is 0.609. The van der Waals surface area contributed by atoms with Gasteiger partial charge in [0.15, 0.2) is 0 Å². The molecule has 0 spiro atoms. The van der Waals surface area contributed by atoms with Crippen molar-refractivity contribution in [2.45, 2.75) is 82.8 Å². The summed E-state index contributed by atoms with van der Waals surface area (Å²) in [6.45, 7) is 1.94. The van der Waals surface area contributed by atoms with Crippen LogP contribution in [0.15, 0.2) is 48.5 Å². The van der Waals surface area contributed by atoms with Crippen LogP contribution in [0.5, 0.6) is 0 Å². The summed E-state index contributed by atoms with van der Waals surface area (Å²) in [5, 5.41) is 1.47. The topological polar surface area (TPSA) is 23.4 Å². The highest BCUT2D eigenvalue weighted by atomic mass is 16.5. The smallest absolute Gasteiger partial charge is 0.0718 e. The van der Waals surface area contributed by atoms with E-state index in [2.05, 4.69) is 53.1 Å². The Morgan fingerprint density at radius 2 is 1.55 bits per heavy atom. The van der Waals surface area contributed by atoms with Crippen LogP contribution < -0.4 is 0 Å². The van der Waals surface area contributed by atoms with E-state index in [1.54, 1.807) is 12.7 Å². The molecule has 2 fully saturated rings. The lowest BCUT2D eigenvalue weighted by molar-refractivity contribution is 0.0617. The third-order valence-corrected chi connectivity index (χ3v) is 7.81. The van der Waals surface area contributed by atoms with Gasteiger partial charge in [-0.1, -0.05) is 74.9 Å². The second-order valence-corrected chi connectivity index (χ2v) is 10.0. The standard InChI is InChI=1S/C30H39NO2/c1-32-19-20-33-22-23-17-18-28-27(21-23)29(24-11-5-2-6-12-24)30(25-13-7-3-8-14-25)31(28)26-15-9-4-10-16-26/h3,7-8,13-14,17-18,21,24,26H,2,4-6,9-12,15-16,19-20,22H2,1H3. The minimum Gasteiger partial charge on any atom is -0.382 e. The number of hydrogen-bond donors (Lipinski definition) is 0. The maximum atomic E-state index is 5.90. The van der Waals surface area contributed by atoms with Crippen molar-refractivity contribution in [3.63, 3.8) is 0 Å². The average molecular weight is 446 g/mol. The Kier molecular flexibility index (Phi) is 7.48. The number of aromatic nitrogens is 1. The van der Waals surface area contributed by atoms with Crippen LogP contribution in [0.2, 0.25) is 0 Å². The largest absolute Gasteiger partial charge is 0.382 e. The summed E-state index contributed by atoms with van der Waals surface area (Å²) >= 11 is 0. The van der Waals surface area contributed by atoms with Crippen molar-refractivity contribution in [2.75, 3.05) is 20.3 Å². The van der Waals surface area contributed by atoms with Gasteiger partial charge in [0, 0.05) is 24.1 Å². The fourth-order valence-corrected chi connectivity index (χ4v) is 6.22. The summed E-state index contributed by atoms with van der Waals surface area (Å²) in [6, 6.07) is 18.9. The lowest BCUT2D eigenvalue weighted by Crippen LogP contribution is -2.14. The Hall–Kier alpha value is -2.10. The van der Waals surface area contributed by atoms with E-state index in [4.69, 9.17) is 9.47 Å². The first kappa shape index (κ1) is 22.7. The number of ether oxygens (including phenoxy) is 2. The monoisotopic (exact) mass is 445 g/mol. The van der Waals surface area contributed by atoms with Gasteiger partial charge < -0.3 is 14.0 Å². The highest BCUT2D eigenvalue weighted by Crippen LogP contribution is 2.47. The molecule has 2 aliphatic carbocycles. The molecule has 2 aromatic carbocycles. The Labute approximate surface area is 199 Å². The van der Waals surface area contributed by atoms with Crippen molar-refractivity contribution in [3.05, 3.63) is 59.7 Å². The number of benzene rings is 2. The zero-order chi connectivity index (χ0) is 22.5. The van der Waals surface area contributed by atoms with E-state index in [1.165, 1.54) is 91.9 Å². The Bertz CT molecular complexity index is 1030. The molecule has 3 aromatic rings. The fraction of sp³-hybridized carbons (Fsp3) is 0.533. The summed E-state index contributed by atoms with van der Waals surface area (Å²) in [5.41, 5.74) is 7.21. The molecular weight excluding hydrogens is 406 g/mol. The van der Waals surface area contributed by atoms with Gasteiger partial charge >= 0.3 is 0 Å². The molecule has 5 rings (SSSR count). The number of rotatable bonds is 8. The van der Waals surface area contributed by atoms with Crippen LogP contribution in [0, 0.1) is 0 Å². The highest BCUT2D eigenvalue weighted by molar-refractivity contribution is 5.93. The molecule has 33 heavy (non-hydrogen) atoms.